The highest BCUT2D eigenvalue weighted by Crippen LogP contribution is 2.23. The van der Waals surface area contributed by atoms with Gasteiger partial charge >= 0.3 is 0 Å². The van der Waals surface area contributed by atoms with Gasteiger partial charge in [-0.25, -0.2) is 8.42 Å². The Bertz CT molecular complexity index is 873. The maximum absolute atomic E-state index is 13.1. The Kier molecular flexibility index (Phi) is 8.07. The minimum Gasteiger partial charge on any atom is -0.383 e. The fourth-order valence-electron chi connectivity index (χ4n) is 2.31. The largest absolute Gasteiger partial charge is 0.383 e. The number of rotatable bonds is 9. The van der Waals surface area contributed by atoms with E-state index in [0.29, 0.717) is 22.2 Å². The molecule has 0 bridgehead atoms. The number of sulfonamides is 1. The average molecular weight is 431 g/mol. The first kappa shape index (κ1) is 21.7. The van der Waals surface area contributed by atoms with Gasteiger partial charge in [0, 0.05) is 30.2 Å². The number of hydrogen-bond acceptors (Lipinski definition) is 4. The zero-order valence-electron chi connectivity index (χ0n) is 14.7. The van der Waals surface area contributed by atoms with E-state index in [2.05, 4.69) is 5.32 Å². The van der Waals surface area contributed by atoms with Crippen LogP contribution >= 0.6 is 23.2 Å². The summed E-state index contributed by atoms with van der Waals surface area (Å²) < 4.78 is 32.1. The number of halogens is 2. The van der Waals surface area contributed by atoms with Crippen LogP contribution in [0.4, 0.5) is 0 Å². The molecular formula is C18H20Cl2N2O4S. The molecule has 0 saturated carbocycles. The van der Waals surface area contributed by atoms with Gasteiger partial charge in [0.25, 0.3) is 0 Å². The minimum absolute atomic E-state index is 0.0394. The van der Waals surface area contributed by atoms with Crippen LogP contribution in [0, 0.1) is 0 Å². The third kappa shape index (κ3) is 6.19. The number of amides is 1. The molecule has 146 valence electrons. The zero-order chi connectivity index (χ0) is 19.9. The van der Waals surface area contributed by atoms with Gasteiger partial charge in [-0.15, -0.1) is 0 Å². The highest BCUT2D eigenvalue weighted by atomic mass is 35.5. The predicted octanol–water partition coefficient (Wildman–Crippen LogP) is 2.95. The number of methoxy groups -OCH3 is 1. The van der Waals surface area contributed by atoms with Crippen LogP contribution in [0.2, 0.25) is 10.0 Å². The second kappa shape index (κ2) is 10.1. The van der Waals surface area contributed by atoms with Crippen LogP contribution in [0.15, 0.2) is 53.4 Å². The van der Waals surface area contributed by atoms with E-state index in [0.717, 1.165) is 4.31 Å². The Hall–Kier alpha value is -1.64. The van der Waals surface area contributed by atoms with Crippen LogP contribution in [0.3, 0.4) is 0 Å². The molecule has 2 rings (SSSR count). The maximum Gasteiger partial charge on any atom is 0.243 e. The number of carbonyl (C=O) groups is 1. The summed E-state index contributed by atoms with van der Waals surface area (Å²) in [7, 11) is -2.42. The third-order valence-corrected chi connectivity index (χ3v) is 6.13. The number of nitrogens with one attached hydrogen (secondary N) is 1. The van der Waals surface area contributed by atoms with Gasteiger partial charge in [0.05, 0.1) is 18.0 Å². The lowest BCUT2D eigenvalue weighted by Crippen LogP contribution is -2.41. The van der Waals surface area contributed by atoms with Gasteiger partial charge in [0.1, 0.15) is 0 Å². The molecule has 0 atom stereocenters. The van der Waals surface area contributed by atoms with Gasteiger partial charge < -0.3 is 10.1 Å². The first-order chi connectivity index (χ1) is 12.8. The molecule has 1 amide bonds. The maximum atomic E-state index is 13.1. The molecule has 0 saturated heterocycles. The number of benzene rings is 2. The first-order valence-corrected chi connectivity index (χ1v) is 10.3. The van der Waals surface area contributed by atoms with Gasteiger partial charge in [-0.05, 0) is 35.9 Å². The lowest BCUT2D eigenvalue weighted by molar-refractivity contribution is -0.121. The van der Waals surface area contributed by atoms with Crippen molar-refractivity contribution < 1.29 is 17.9 Å². The highest BCUT2D eigenvalue weighted by molar-refractivity contribution is 7.89. The second-order valence-corrected chi connectivity index (χ2v) is 8.44. The van der Waals surface area contributed by atoms with E-state index in [4.69, 9.17) is 27.9 Å². The molecule has 1 N–H and O–H groups in total. The molecule has 0 aliphatic heterocycles. The Labute approximate surface area is 169 Å². The Morgan fingerprint density at radius 3 is 2.41 bits per heavy atom. The fraction of sp³-hybridized carbons (Fsp3) is 0.278. The molecule has 0 aliphatic rings. The summed E-state index contributed by atoms with van der Waals surface area (Å²) in [6.45, 7) is 0.235. The average Bonchev–Trinajstić information content (AvgIpc) is 2.63. The normalized spacial score (nSPS) is 11.6. The van der Waals surface area contributed by atoms with Crippen LogP contribution in [-0.4, -0.2) is 45.4 Å². The van der Waals surface area contributed by atoms with E-state index in [-0.39, 0.29) is 24.5 Å². The zero-order valence-corrected chi connectivity index (χ0v) is 17.0. The fourth-order valence-corrected chi connectivity index (χ4v) is 4.00. The van der Waals surface area contributed by atoms with Crippen LogP contribution in [0.1, 0.15) is 5.56 Å². The second-order valence-electron chi connectivity index (χ2n) is 5.66. The molecule has 0 aliphatic carbocycles. The van der Waals surface area contributed by atoms with E-state index >= 15 is 0 Å². The Morgan fingerprint density at radius 2 is 1.78 bits per heavy atom. The third-order valence-electron chi connectivity index (χ3n) is 3.70. The Morgan fingerprint density at radius 1 is 1.11 bits per heavy atom. The molecule has 0 aromatic heterocycles. The summed E-state index contributed by atoms with van der Waals surface area (Å²) in [5.41, 5.74) is 0.599. The van der Waals surface area contributed by atoms with E-state index < -0.39 is 15.9 Å². The Balaban J connectivity index is 2.29. The van der Waals surface area contributed by atoms with Crippen molar-refractivity contribution in [1.82, 2.24) is 9.62 Å². The summed E-state index contributed by atoms with van der Waals surface area (Å²) in [4.78, 5) is 12.3. The summed E-state index contributed by atoms with van der Waals surface area (Å²) in [5.74, 6) is -0.434. The van der Waals surface area contributed by atoms with Crippen LogP contribution < -0.4 is 5.32 Å². The topological polar surface area (TPSA) is 75.7 Å². The standard InChI is InChI=1S/C18H20Cl2N2O4S/c1-26-11-10-21-18(23)13-22(12-14-4-2-3-5-17(14)20)27(24,25)16-8-6-15(19)7-9-16/h2-9H,10-13H2,1H3,(H,21,23). The minimum atomic E-state index is -3.93. The lowest BCUT2D eigenvalue weighted by atomic mass is 10.2. The molecule has 0 spiro atoms. The molecular weight excluding hydrogens is 411 g/mol. The predicted molar refractivity (Wildman–Crippen MR) is 105 cm³/mol. The van der Waals surface area contributed by atoms with Gasteiger partial charge in [-0.2, -0.15) is 4.31 Å². The molecule has 0 radical (unpaired) electrons. The molecule has 6 nitrogen and oxygen atoms in total. The number of carbonyl (C=O) groups excluding carboxylic acids is 1. The number of hydrogen-bond donors (Lipinski definition) is 1. The SMILES string of the molecule is COCCNC(=O)CN(Cc1ccccc1Cl)S(=O)(=O)c1ccc(Cl)cc1. The summed E-state index contributed by atoms with van der Waals surface area (Å²) in [5, 5.41) is 3.47. The van der Waals surface area contributed by atoms with Crippen molar-refractivity contribution in [3.05, 3.63) is 64.1 Å². The van der Waals surface area contributed by atoms with Gasteiger partial charge in [-0.1, -0.05) is 41.4 Å². The highest BCUT2D eigenvalue weighted by Gasteiger charge is 2.27. The summed E-state index contributed by atoms with van der Waals surface area (Å²) >= 11 is 12.0. The van der Waals surface area contributed by atoms with Crippen LogP contribution in [0.25, 0.3) is 0 Å². The molecule has 2 aromatic carbocycles. The number of nitrogens with zero attached hydrogens (tertiary/aromatic N) is 1. The van der Waals surface area contributed by atoms with Crippen LogP contribution in [0.5, 0.6) is 0 Å². The molecule has 2 aromatic rings. The van der Waals surface area contributed by atoms with E-state index in [1.54, 1.807) is 24.3 Å². The van der Waals surface area contributed by atoms with Gasteiger partial charge in [0.2, 0.25) is 15.9 Å². The lowest BCUT2D eigenvalue weighted by Gasteiger charge is -2.22. The van der Waals surface area contributed by atoms with E-state index in [1.165, 1.54) is 31.4 Å². The number of ether oxygens (including phenoxy) is 1. The van der Waals surface area contributed by atoms with E-state index in [9.17, 15) is 13.2 Å². The van der Waals surface area contributed by atoms with Crippen molar-refractivity contribution in [2.75, 3.05) is 26.8 Å². The monoisotopic (exact) mass is 430 g/mol. The van der Waals surface area contributed by atoms with Crippen molar-refractivity contribution >= 4 is 39.1 Å². The van der Waals surface area contributed by atoms with Gasteiger partial charge in [-0.3, -0.25) is 4.79 Å². The van der Waals surface area contributed by atoms with Crippen molar-refractivity contribution in [2.24, 2.45) is 0 Å². The molecule has 27 heavy (non-hydrogen) atoms. The molecule has 0 unspecified atom stereocenters. The molecule has 9 heteroatoms. The van der Waals surface area contributed by atoms with Crippen LogP contribution in [-0.2, 0) is 26.1 Å². The van der Waals surface area contributed by atoms with Gasteiger partial charge in [0.15, 0.2) is 0 Å². The summed E-state index contributed by atoms with van der Waals surface area (Å²) in [6, 6.07) is 12.7. The molecule has 0 heterocycles. The summed E-state index contributed by atoms with van der Waals surface area (Å²) in [6.07, 6.45) is 0. The van der Waals surface area contributed by atoms with Crippen molar-refractivity contribution in [3.63, 3.8) is 0 Å². The van der Waals surface area contributed by atoms with Crippen molar-refractivity contribution in [2.45, 2.75) is 11.4 Å². The first-order valence-electron chi connectivity index (χ1n) is 8.09. The van der Waals surface area contributed by atoms with Crippen molar-refractivity contribution in [1.29, 1.82) is 0 Å². The van der Waals surface area contributed by atoms with E-state index in [1.807, 2.05) is 0 Å². The van der Waals surface area contributed by atoms with Crippen molar-refractivity contribution in [3.8, 4) is 0 Å². The quantitative estimate of drug-likeness (QED) is 0.620. The molecule has 0 fully saturated rings. The smallest absolute Gasteiger partial charge is 0.243 e.